The number of carbonyl (C=O) groups is 1. The van der Waals surface area contributed by atoms with Crippen molar-refractivity contribution in [2.75, 3.05) is 12.0 Å². The minimum atomic E-state index is -0.176. The Hall–Kier alpha value is -2.55. The Kier molecular flexibility index (Phi) is 2.80. The number of hydrogen-bond donors (Lipinski definition) is 2. The molecule has 1 aliphatic rings. The minimum Gasteiger partial charge on any atom is -0.328 e. The molecule has 1 amide bonds. The van der Waals surface area contributed by atoms with E-state index in [1.165, 1.54) is 12.4 Å². The molecule has 0 atom stereocenters. The number of carbonyl (C=O) groups excluding carboxylic acids is 1. The van der Waals surface area contributed by atoms with Gasteiger partial charge in [-0.15, -0.1) is 10.2 Å². The van der Waals surface area contributed by atoms with Gasteiger partial charge in [0, 0.05) is 13.1 Å². The van der Waals surface area contributed by atoms with Gasteiger partial charge < -0.3 is 14.9 Å². The first-order valence-electron chi connectivity index (χ1n) is 5.72. The number of nitrogens with one attached hydrogen (secondary N) is 1. The molecule has 0 aliphatic carbocycles. The van der Waals surface area contributed by atoms with Gasteiger partial charge in [0.1, 0.15) is 12.0 Å². The molecule has 9 nitrogen and oxygen atoms in total. The van der Waals surface area contributed by atoms with Crippen molar-refractivity contribution < 1.29 is 4.79 Å². The van der Waals surface area contributed by atoms with E-state index in [1.54, 1.807) is 11.2 Å². The topological polar surface area (TPSA) is 115 Å². The lowest BCUT2D eigenvalue weighted by Gasteiger charge is -2.26. The van der Waals surface area contributed by atoms with E-state index in [4.69, 9.17) is 5.84 Å². The predicted molar refractivity (Wildman–Crippen MR) is 64.6 cm³/mol. The van der Waals surface area contributed by atoms with Crippen LogP contribution in [0.25, 0.3) is 0 Å². The molecule has 0 spiro atoms. The summed E-state index contributed by atoms with van der Waals surface area (Å²) in [6, 6.07) is 0. The third-order valence-corrected chi connectivity index (χ3v) is 2.94. The van der Waals surface area contributed by atoms with Crippen LogP contribution in [0.4, 0.5) is 5.82 Å². The third kappa shape index (κ3) is 2.10. The number of nitrogens with zero attached hydrogens (tertiary/aromatic N) is 6. The zero-order chi connectivity index (χ0) is 13.2. The van der Waals surface area contributed by atoms with Gasteiger partial charge in [-0.25, -0.2) is 15.8 Å². The maximum Gasteiger partial charge on any atom is 0.274 e. The van der Waals surface area contributed by atoms with Crippen LogP contribution < -0.4 is 11.3 Å². The molecule has 0 aromatic carbocycles. The van der Waals surface area contributed by atoms with Crippen molar-refractivity contribution in [2.24, 2.45) is 5.84 Å². The zero-order valence-electron chi connectivity index (χ0n) is 10.0. The van der Waals surface area contributed by atoms with Crippen molar-refractivity contribution in [2.45, 2.75) is 13.1 Å². The second-order valence-corrected chi connectivity index (χ2v) is 4.10. The fourth-order valence-corrected chi connectivity index (χ4v) is 1.91. The second kappa shape index (κ2) is 4.61. The van der Waals surface area contributed by atoms with Crippen molar-refractivity contribution in [3.05, 3.63) is 30.2 Å². The van der Waals surface area contributed by atoms with Gasteiger partial charge in [-0.2, -0.15) is 0 Å². The van der Waals surface area contributed by atoms with E-state index in [2.05, 4.69) is 25.6 Å². The molecule has 3 rings (SSSR count). The highest BCUT2D eigenvalue weighted by atomic mass is 16.2. The number of amides is 1. The summed E-state index contributed by atoms with van der Waals surface area (Å²) in [6.07, 6.45) is 4.48. The van der Waals surface area contributed by atoms with Crippen LogP contribution >= 0.6 is 0 Å². The molecule has 2 aromatic heterocycles. The molecule has 1 aliphatic heterocycles. The average Bonchev–Trinajstić information content (AvgIpc) is 2.94. The normalized spacial score (nSPS) is 14.1. The Balaban J connectivity index is 1.77. The summed E-state index contributed by atoms with van der Waals surface area (Å²) < 4.78 is 1.93. The smallest absolute Gasteiger partial charge is 0.274 e. The van der Waals surface area contributed by atoms with Crippen molar-refractivity contribution in [3.63, 3.8) is 0 Å². The highest BCUT2D eigenvalue weighted by molar-refractivity contribution is 5.92. The maximum absolute atomic E-state index is 12.2. The summed E-state index contributed by atoms with van der Waals surface area (Å²) in [5.41, 5.74) is 2.65. The Morgan fingerprint density at radius 3 is 2.95 bits per heavy atom. The van der Waals surface area contributed by atoms with Crippen molar-refractivity contribution in [3.8, 4) is 0 Å². The quantitative estimate of drug-likeness (QED) is 0.526. The second-order valence-electron chi connectivity index (χ2n) is 4.10. The largest absolute Gasteiger partial charge is 0.328 e. The van der Waals surface area contributed by atoms with Crippen LogP contribution in [0.2, 0.25) is 0 Å². The maximum atomic E-state index is 12.2. The van der Waals surface area contributed by atoms with Gasteiger partial charge in [-0.1, -0.05) is 0 Å². The number of nitrogen functional groups attached to an aromatic ring is 1. The SMILES string of the molecule is NNc1cnc(C(=O)N2CCn3cnnc3C2)cn1. The molecule has 3 N–H and O–H groups in total. The summed E-state index contributed by atoms with van der Waals surface area (Å²) in [4.78, 5) is 21.9. The van der Waals surface area contributed by atoms with E-state index in [-0.39, 0.29) is 11.6 Å². The number of aromatic nitrogens is 5. The summed E-state index contributed by atoms with van der Waals surface area (Å²) in [7, 11) is 0. The molecular weight excluding hydrogens is 248 g/mol. The van der Waals surface area contributed by atoms with E-state index < -0.39 is 0 Å². The zero-order valence-corrected chi connectivity index (χ0v) is 10.0. The first-order valence-corrected chi connectivity index (χ1v) is 5.72. The summed E-state index contributed by atoms with van der Waals surface area (Å²) in [6.45, 7) is 1.71. The van der Waals surface area contributed by atoms with Crippen LogP contribution in [0.5, 0.6) is 0 Å². The standard InChI is InChI=1S/C10H12N8O/c11-15-8-4-12-7(3-13-8)10(19)17-1-2-18-6-14-16-9(18)5-17/h3-4,6H,1-2,5,11H2,(H,13,15). The summed E-state index contributed by atoms with van der Waals surface area (Å²) >= 11 is 0. The Bertz CT molecular complexity index is 592. The summed E-state index contributed by atoms with van der Waals surface area (Å²) in [5.74, 6) is 6.20. The number of hydrazine groups is 1. The van der Waals surface area contributed by atoms with E-state index in [0.29, 0.717) is 25.5 Å². The van der Waals surface area contributed by atoms with Crippen LogP contribution in [-0.4, -0.2) is 42.1 Å². The minimum absolute atomic E-state index is 0.176. The Labute approximate surface area is 108 Å². The van der Waals surface area contributed by atoms with Crippen LogP contribution in [0, 0.1) is 0 Å². The number of fused-ring (bicyclic) bond motifs is 1. The van der Waals surface area contributed by atoms with Gasteiger partial charge in [0.25, 0.3) is 5.91 Å². The highest BCUT2D eigenvalue weighted by Crippen LogP contribution is 2.12. The van der Waals surface area contributed by atoms with Gasteiger partial charge in [-0.3, -0.25) is 4.79 Å². The van der Waals surface area contributed by atoms with Gasteiger partial charge in [0.2, 0.25) is 0 Å². The summed E-state index contributed by atoms with van der Waals surface area (Å²) in [5, 5.41) is 7.78. The van der Waals surface area contributed by atoms with Gasteiger partial charge in [-0.05, 0) is 0 Å². The van der Waals surface area contributed by atoms with Crippen molar-refractivity contribution >= 4 is 11.7 Å². The predicted octanol–water partition coefficient (Wildman–Crippen LogP) is -0.990. The molecule has 3 heterocycles. The fourth-order valence-electron chi connectivity index (χ4n) is 1.91. The van der Waals surface area contributed by atoms with Gasteiger partial charge in [0.15, 0.2) is 11.6 Å². The van der Waals surface area contributed by atoms with Crippen LogP contribution in [0.3, 0.4) is 0 Å². The highest BCUT2D eigenvalue weighted by Gasteiger charge is 2.23. The van der Waals surface area contributed by atoms with E-state index in [9.17, 15) is 4.79 Å². The van der Waals surface area contributed by atoms with Crippen molar-refractivity contribution in [1.82, 2.24) is 29.6 Å². The van der Waals surface area contributed by atoms with Crippen LogP contribution in [-0.2, 0) is 13.1 Å². The number of hydrogen-bond acceptors (Lipinski definition) is 7. The molecule has 98 valence electrons. The van der Waals surface area contributed by atoms with Gasteiger partial charge in [0.05, 0.1) is 18.9 Å². The molecule has 0 unspecified atom stereocenters. The van der Waals surface area contributed by atoms with E-state index in [0.717, 1.165) is 5.82 Å². The van der Waals surface area contributed by atoms with Crippen molar-refractivity contribution in [1.29, 1.82) is 0 Å². The lowest BCUT2D eigenvalue weighted by Crippen LogP contribution is -2.38. The lowest BCUT2D eigenvalue weighted by atomic mass is 10.3. The monoisotopic (exact) mass is 260 g/mol. The molecule has 0 radical (unpaired) electrons. The molecule has 0 saturated heterocycles. The number of anilines is 1. The molecule has 9 heteroatoms. The average molecular weight is 260 g/mol. The third-order valence-electron chi connectivity index (χ3n) is 2.94. The number of nitrogens with two attached hydrogens (primary N) is 1. The first-order chi connectivity index (χ1) is 9.28. The van der Waals surface area contributed by atoms with Crippen LogP contribution in [0.15, 0.2) is 18.7 Å². The van der Waals surface area contributed by atoms with Crippen LogP contribution in [0.1, 0.15) is 16.3 Å². The van der Waals surface area contributed by atoms with E-state index >= 15 is 0 Å². The Morgan fingerprint density at radius 2 is 2.21 bits per heavy atom. The lowest BCUT2D eigenvalue weighted by molar-refractivity contribution is 0.0701. The molecule has 0 saturated carbocycles. The molecule has 19 heavy (non-hydrogen) atoms. The molecular formula is C10H12N8O. The van der Waals surface area contributed by atoms with E-state index in [1.807, 2.05) is 4.57 Å². The first kappa shape index (κ1) is 11.5. The fraction of sp³-hybridized carbons (Fsp3) is 0.300. The molecule has 0 fully saturated rings. The molecule has 0 bridgehead atoms. The number of rotatable bonds is 2. The Morgan fingerprint density at radius 1 is 1.32 bits per heavy atom. The van der Waals surface area contributed by atoms with Gasteiger partial charge >= 0.3 is 0 Å². The molecule has 2 aromatic rings.